The van der Waals surface area contributed by atoms with E-state index in [0.29, 0.717) is 12.0 Å². The second-order valence-corrected chi connectivity index (χ2v) is 9.98. The number of anilines is 1. The molecule has 0 aliphatic carbocycles. The van der Waals surface area contributed by atoms with Crippen molar-refractivity contribution in [3.8, 4) is 0 Å². The fourth-order valence-electron chi connectivity index (χ4n) is 2.85. The van der Waals surface area contributed by atoms with Crippen LogP contribution in [-0.4, -0.2) is 31.1 Å². The van der Waals surface area contributed by atoms with Crippen LogP contribution in [0.3, 0.4) is 0 Å². The Kier molecular flexibility index (Phi) is 5.20. The molecule has 0 radical (unpaired) electrons. The van der Waals surface area contributed by atoms with E-state index in [0.717, 1.165) is 21.7 Å². The van der Waals surface area contributed by atoms with Crippen LogP contribution in [-0.2, 0) is 9.84 Å². The topological polar surface area (TPSA) is 63.2 Å². The molecule has 0 bridgehead atoms. The molecule has 1 atom stereocenters. The monoisotopic (exact) mass is 375 g/mol. The lowest BCUT2D eigenvalue weighted by atomic mass is 10.1. The maximum absolute atomic E-state index is 12.8. The van der Waals surface area contributed by atoms with Crippen LogP contribution in [0.5, 0.6) is 0 Å². The molecule has 0 spiro atoms. The summed E-state index contributed by atoms with van der Waals surface area (Å²) in [5.74, 6) is 0.254. The zero-order valence-electron chi connectivity index (χ0n) is 14.3. The number of rotatable bonds is 4. The highest BCUT2D eigenvalue weighted by Gasteiger charge is 2.29. The molecular weight excluding hydrogens is 354 g/mol. The summed E-state index contributed by atoms with van der Waals surface area (Å²) in [6.45, 7) is 3.94. The van der Waals surface area contributed by atoms with Gasteiger partial charge in [-0.15, -0.1) is 11.8 Å². The fraction of sp³-hybridized carbons (Fsp3) is 0.316. The summed E-state index contributed by atoms with van der Waals surface area (Å²) in [5, 5.41) is 2.99. The highest BCUT2D eigenvalue weighted by molar-refractivity contribution is 8.02. The van der Waals surface area contributed by atoms with Crippen molar-refractivity contribution in [2.75, 3.05) is 16.8 Å². The molecule has 1 aliphatic heterocycles. The van der Waals surface area contributed by atoms with E-state index in [1.807, 2.05) is 50.2 Å². The van der Waals surface area contributed by atoms with E-state index in [9.17, 15) is 13.2 Å². The normalized spacial score (nSPS) is 18.9. The summed E-state index contributed by atoms with van der Waals surface area (Å²) in [7, 11) is -2.93. The Labute approximate surface area is 152 Å². The van der Waals surface area contributed by atoms with Crippen molar-refractivity contribution in [2.24, 2.45) is 0 Å². The highest BCUT2D eigenvalue weighted by atomic mass is 32.2. The summed E-state index contributed by atoms with van der Waals surface area (Å²) in [4.78, 5) is 13.6. The first kappa shape index (κ1) is 18.0. The van der Waals surface area contributed by atoms with Gasteiger partial charge < -0.3 is 5.32 Å². The second kappa shape index (κ2) is 7.22. The van der Waals surface area contributed by atoms with Gasteiger partial charge in [0.15, 0.2) is 9.84 Å². The third kappa shape index (κ3) is 4.44. The Bertz CT molecular complexity index is 907. The summed E-state index contributed by atoms with van der Waals surface area (Å²) >= 11 is 1.49. The van der Waals surface area contributed by atoms with E-state index in [1.165, 1.54) is 11.8 Å². The van der Waals surface area contributed by atoms with Crippen LogP contribution in [0.1, 0.15) is 27.9 Å². The molecule has 4 nitrogen and oxygen atoms in total. The van der Waals surface area contributed by atoms with E-state index in [-0.39, 0.29) is 22.7 Å². The minimum absolute atomic E-state index is 0.0136. The largest absolute Gasteiger partial charge is 0.322 e. The molecule has 1 heterocycles. The van der Waals surface area contributed by atoms with Crippen molar-refractivity contribution in [3.05, 3.63) is 59.2 Å². The lowest BCUT2D eigenvalue weighted by Crippen LogP contribution is -2.15. The summed E-state index contributed by atoms with van der Waals surface area (Å²) in [6, 6.07) is 13.3. The first-order valence-corrected chi connectivity index (χ1v) is 10.9. The molecule has 1 saturated heterocycles. The minimum atomic E-state index is -2.93. The second-order valence-electron chi connectivity index (χ2n) is 6.41. The summed E-state index contributed by atoms with van der Waals surface area (Å²) in [6.07, 6.45) is 0.639. The third-order valence-corrected chi connectivity index (χ3v) is 7.58. The molecule has 0 aromatic heterocycles. The molecule has 1 fully saturated rings. The van der Waals surface area contributed by atoms with Crippen LogP contribution in [0.2, 0.25) is 0 Å². The zero-order chi connectivity index (χ0) is 18.0. The number of hydrogen-bond acceptors (Lipinski definition) is 4. The molecular formula is C19H21NO3S2. The van der Waals surface area contributed by atoms with E-state index >= 15 is 0 Å². The van der Waals surface area contributed by atoms with Gasteiger partial charge in [-0.3, -0.25) is 4.79 Å². The molecule has 2 aromatic carbocycles. The third-order valence-electron chi connectivity index (χ3n) is 4.26. The molecule has 1 amide bonds. The lowest BCUT2D eigenvalue weighted by molar-refractivity contribution is 0.102. The van der Waals surface area contributed by atoms with E-state index in [2.05, 4.69) is 5.32 Å². The van der Waals surface area contributed by atoms with Crippen molar-refractivity contribution in [1.82, 2.24) is 0 Å². The number of thioether (sulfide) groups is 1. The van der Waals surface area contributed by atoms with Crippen LogP contribution >= 0.6 is 11.8 Å². The lowest BCUT2D eigenvalue weighted by Gasteiger charge is -2.14. The van der Waals surface area contributed by atoms with Crippen LogP contribution in [0.15, 0.2) is 47.4 Å². The number of nitrogens with one attached hydrogen (secondary N) is 1. The van der Waals surface area contributed by atoms with Gasteiger partial charge in [0, 0.05) is 15.8 Å². The molecule has 2 aromatic rings. The minimum Gasteiger partial charge on any atom is -0.322 e. The van der Waals surface area contributed by atoms with Gasteiger partial charge in [0.2, 0.25) is 0 Å². The molecule has 25 heavy (non-hydrogen) atoms. The SMILES string of the molecule is Cc1ccc(C)c(NC(=O)c2ccccc2S[C@H]2CCS(=O)(=O)C2)c1. The van der Waals surface area contributed by atoms with Crippen LogP contribution in [0.25, 0.3) is 0 Å². The zero-order valence-corrected chi connectivity index (χ0v) is 15.9. The molecule has 6 heteroatoms. The average molecular weight is 376 g/mol. The van der Waals surface area contributed by atoms with Gasteiger partial charge in [-0.1, -0.05) is 24.3 Å². The molecule has 1 aliphatic rings. The number of hydrogen-bond donors (Lipinski definition) is 1. The van der Waals surface area contributed by atoms with Crippen LogP contribution in [0.4, 0.5) is 5.69 Å². The van der Waals surface area contributed by atoms with Crippen molar-refractivity contribution in [1.29, 1.82) is 0 Å². The Balaban J connectivity index is 1.80. The first-order valence-electron chi connectivity index (χ1n) is 8.19. The maximum atomic E-state index is 12.8. The quantitative estimate of drug-likeness (QED) is 0.882. The average Bonchev–Trinajstić information content (AvgIpc) is 2.90. The number of aryl methyl sites for hydroxylation is 2. The van der Waals surface area contributed by atoms with E-state index in [4.69, 9.17) is 0 Å². The number of sulfone groups is 1. The number of carbonyl (C=O) groups excluding carboxylic acids is 1. The van der Waals surface area contributed by atoms with Gasteiger partial charge in [-0.2, -0.15) is 0 Å². The smallest absolute Gasteiger partial charge is 0.256 e. The van der Waals surface area contributed by atoms with Gasteiger partial charge in [0.25, 0.3) is 5.91 Å². The number of benzene rings is 2. The summed E-state index contributed by atoms with van der Waals surface area (Å²) in [5.41, 5.74) is 3.47. The number of amides is 1. The Hall–Kier alpha value is -1.79. The van der Waals surface area contributed by atoms with Gasteiger partial charge >= 0.3 is 0 Å². The van der Waals surface area contributed by atoms with Crippen molar-refractivity contribution >= 4 is 33.2 Å². The predicted octanol–water partition coefficient (Wildman–Crippen LogP) is 3.83. The Morgan fingerprint density at radius 3 is 2.64 bits per heavy atom. The van der Waals surface area contributed by atoms with Crippen molar-refractivity contribution in [3.63, 3.8) is 0 Å². The van der Waals surface area contributed by atoms with Gasteiger partial charge in [-0.05, 0) is 49.6 Å². The van der Waals surface area contributed by atoms with E-state index < -0.39 is 9.84 Å². The Morgan fingerprint density at radius 2 is 1.92 bits per heavy atom. The van der Waals surface area contributed by atoms with Gasteiger partial charge in [0.05, 0.1) is 17.1 Å². The highest BCUT2D eigenvalue weighted by Crippen LogP contribution is 2.33. The van der Waals surface area contributed by atoms with Crippen molar-refractivity contribution in [2.45, 2.75) is 30.4 Å². The molecule has 1 N–H and O–H groups in total. The fourth-order valence-corrected chi connectivity index (χ4v) is 6.48. The maximum Gasteiger partial charge on any atom is 0.256 e. The Morgan fingerprint density at radius 1 is 1.16 bits per heavy atom. The van der Waals surface area contributed by atoms with Gasteiger partial charge in [0.1, 0.15) is 0 Å². The van der Waals surface area contributed by atoms with E-state index in [1.54, 1.807) is 6.07 Å². The number of carbonyl (C=O) groups is 1. The predicted molar refractivity (Wildman–Crippen MR) is 103 cm³/mol. The van der Waals surface area contributed by atoms with Crippen LogP contribution in [0, 0.1) is 13.8 Å². The van der Waals surface area contributed by atoms with Gasteiger partial charge in [-0.25, -0.2) is 8.42 Å². The molecule has 132 valence electrons. The van der Waals surface area contributed by atoms with Crippen molar-refractivity contribution < 1.29 is 13.2 Å². The van der Waals surface area contributed by atoms with Crippen LogP contribution < -0.4 is 5.32 Å². The molecule has 0 saturated carbocycles. The first-order chi connectivity index (χ1) is 11.8. The summed E-state index contributed by atoms with van der Waals surface area (Å²) < 4.78 is 23.3. The molecule has 3 rings (SSSR count). The standard InChI is InChI=1S/C19H21NO3S2/c1-13-7-8-14(2)17(11-13)20-19(21)16-5-3-4-6-18(16)24-15-9-10-25(22,23)12-15/h3-8,11,15H,9-10,12H2,1-2H3,(H,20,21)/t15-/m0/s1. The molecule has 0 unspecified atom stereocenters.